The fraction of sp³-hybridized carbons (Fsp3) is 1.00. The molecular formula is C22H40. The number of rotatable bonds is 4. The first kappa shape index (κ1) is 16.8. The second-order valence-electron chi connectivity index (χ2n) is 9.52. The van der Waals surface area contributed by atoms with Gasteiger partial charge in [-0.2, -0.15) is 0 Å². The van der Waals surface area contributed by atoms with Crippen molar-refractivity contribution in [3.8, 4) is 0 Å². The lowest BCUT2D eigenvalue weighted by atomic mass is 9.79. The zero-order chi connectivity index (χ0) is 15.7. The second kappa shape index (κ2) is 7.27. The lowest BCUT2D eigenvalue weighted by Gasteiger charge is -2.26. The Hall–Kier alpha value is 0. The molecule has 4 fully saturated rings. The van der Waals surface area contributed by atoms with E-state index < -0.39 is 0 Å². The summed E-state index contributed by atoms with van der Waals surface area (Å²) in [4.78, 5) is 0. The van der Waals surface area contributed by atoms with Crippen LogP contribution < -0.4 is 0 Å². The monoisotopic (exact) mass is 304 g/mol. The van der Waals surface area contributed by atoms with E-state index in [0.29, 0.717) is 0 Å². The molecule has 8 unspecified atom stereocenters. The molecule has 0 saturated heterocycles. The van der Waals surface area contributed by atoms with Gasteiger partial charge in [0, 0.05) is 0 Å². The highest BCUT2D eigenvalue weighted by Gasteiger charge is 2.43. The highest BCUT2D eigenvalue weighted by atomic mass is 14.5. The Morgan fingerprint density at radius 2 is 1.36 bits per heavy atom. The third kappa shape index (κ3) is 3.41. The molecule has 8 atom stereocenters. The minimum Gasteiger partial charge on any atom is -0.0654 e. The van der Waals surface area contributed by atoms with Gasteiger partial charge in [-0.1, -0.05) is 53.4 Å². The molecule has 0 nitrogen and oxygen atoms in total. The molecule has 22 heavy (non-hydrogen) atoms. The van der Waals surface area contributed by atoms with Gasteiger partial charge < -0.3 is 0 Å². The molecule has 0 radical (unpaired) electrons. The van der Waals surface area contributed by atoms with E-state index in [1.165, 1.54) is 25.7 Å². The van der Waals surface area contributed by atoms with Crippen molar-refractivity contribution in [2.45, 2.75) is 91.9 Å². The standard InChI is InChI=1S/2C11H20/c1-3-4-10-6-9-5-8(2)11(10)7-9;1-3-4-9-6-10-7-11(9)5-8(10)2/h2*8-11H,3-7H2,1-2H3. The van der Waals surface area contributed by atoms with Crippen LogP contribution in [0, 0.1) is 47.3 Å². The minimum atomic E-state index is 1.06. The predicted octanol–water partition coefficient (Wildman–Crippen LogP) is 6.94. The fourth-order valence-corrected chi connectivity index (χ4v) is 6.98. The summed E-state index contributed by atoms with van der Waals surface area (Å²) in [5.41, 5.74) is 0. The summed E-state index contributed by atoms with van der Waals surface area (Å²) in [6, 6.07) is 0. The Morgan fingerprint density at radius 1 is 0.636 bits per heavy atom. The Bertz CT molecular complexity index is 344. The lowest BCUT2D eigenvalue weighted by Crippen LogP contribution is -2.17. The maximum Gasteiger partial charge on any atom is -0.0357 e. The van der Waals surface area contributed by atoms with E-state index in [-0.39, 0.29) is 0 Å². The molecule has 0 heteroatoms. The van der Waals surface area contributed by atoms with E-state index in [9.17, 15) is 0 Å². The normalized spacial score (nSPS) is 48.5. The predicted molar refractivity (Wildman–Crippen MR) is 96.8 cm³/mol. The first-order valence-electron chi connectivity index (χ1n) is 10.6. The average molecular weight is 305 g/mol. The molecule has 4 bridgehead atoms. The summed E-state index contributed by atoms with van der Waals surface area (Å²) in [5, 5.41) is 0. The van der Waals surface area contributed by atoms with Gasteiger partial charge in [-0.15, -0.1) is 0 Å². The van der Waals surface area contributed by atoms with Crippen LogP contribution in [0.25, 0.3) is 0 Å². The first-order valence-corrected chi connectivity index (χ1v) is 10.6. The third-order valence-corrected chi connectivity index (χ3v) is 7.96. The zero-order valence-electron chi connectivity index (χ0n) is 15.7. The number of hydrogen-bond acceptors (Lipinski definition) is 0. The van der Waals surface area contributed by atoms with Gasteiger partial charge in [0.2, 0.25) is 0 Å². The van der Waals surface area contributed by atoms with Crippen LogP contribution in [0.5, 0.6) is 0 Å². The summed E-state index contributed by atoms with van der Waals surface area (Å²) in [7, 11) is 0. The van der Waals surface area contributed by atoms with Gasteiger partial charge in [0.1, 0.15) is 0 Å². The number of fused-ring (bicyclic) bond motifs is 4. The van der Waals surface area contributed by atoms with Gasteiger partial charge >= 0.3 is 0 Å². The third-order valence-electron chi connectivity index (χ3n) is 7.96. The van der Waals surface area contributed by atoms with Crippen molar-refractivity contribution in [1.29, 1.82) is 0 Å². The quantitative estimate of drug-likeness (QED) is 0.528. The van der Waals surface area contributed by atoms with Crippen LogP contribution in [0.15, 0.2) is 0 Å². The maximum atomic E-state index is 2.46. The van der Waals surface area contributed by atoms with Gasteiger partial charge in [0.25, 0.3) is 0 Å². The average Bonchev–Trinajstić information content (AvgIpc) is 3.20. The molecule has 0 spiro atoms. The smallest absolute Gasteiger partial charge is 0.0357 e. The van der Waals surface area contributed by atoms with E-state index in [2.05, 4.69) is 27.7 Å². The van der Waals surface area contributed by atoms with Gasteiger partial charge in [-0.3, -0.25) is 0 Å². The van der Waals surface area contributed by atoms with Crippen molar-refractivity contribution in [3.63, 3.8) is 0 Å². The molecule has 0 heterocycles. The van der Waals surface area contributed by atoms with E-state index in [1.54, 1.807) is 38.5 Å². The SMILES string of the molecule is CCCC1CC2CC(C)C1C2.CCCC1CC2CC1CC2C. The van der Waals surface area contributed by atoms with Crippen molar-refractivity contribution >= 4 is 0 Å². The largest absolute Gasteiger partial charge is 0.0654 e. The fourth-order valence-electron chi connectivity index (χ4n) is 6.98. The van der Waals surface area contributed by atoms with Crippen LogP contribution in [0.3, 0.4) is 0 Å². The number of hydrogen-bond donors (Lipinski definition) is 0. The summed E-state index contributed by atoms with van der Waals surface area (Å²) in [5.74, 6) is 8.88. The topological polar surface area (TPSA) is 0 Å². The molecule has 0 N–H and O–H groups in total. The highest BCUT2D eigenvalue weighted by Crippen LogP contribution is 2.53. The van der Waals surface area contributed by atoms with Crippen molar-refractivity contribution in [2.75, 3.05) is 0 Å². The van der Waals surface area contributed by atoms with Gasteiger partial charge in [-0.25, -0.2) is 0 Å². The molecule has 4 aliphatic rings. The second-order valence-corrected chi connectivity index (χ2v) is 9.52. The van der Waals surface area contributed by atoms with Crippen molar-refractivity contribution in [1.82, 2.24) is 0 Å². The molecule has 4 saturated carbocycles. The lowest BCUT2D eigenvalue weighted by molar-refractivity contribution is 0.240. The van der Waals surface area contributed by atoms with Crippen LogP contribution >= 0.6 is 0 Å². The molecule has 4 rings (SSSR count). The van der Waals surface area contributed by atoms with E-state index in [1.807, 2.05) is 0 Å². The van der Waals surface area contributed by atoms with Crippen LogP contribution in [0.2, 0.25) is 0 Å². The van der Waals surface area contributed by atoms with E-state index in [4.69, 9.17) is 0 Å². The van der Waals surface area contributed by atoms with Crippen molar-refractivity contribution in [3.05, 3.63) is 0 Å². The summed E-state index contributed by atoms with van der Waals surface area (Å²) in [6.45, 7) is 9.57. The van der Waals surface area contributed by atoms with Crippen LogP contribution in [0.1, 0.15) is 91.9 Å². The highest BCUT2D eigenvalue weighted by molar-refractivity contribution is 4.94. The Labute approximate surface area is 139 Å². The molecule has 0 aromatic heterocycles. The van der Waals surface area contributed by atoms with Crippen LogP contribution in [-0.4, -0.2) is 0 Å². The Morgan fingerprint density at radius 3 is 1.86 bits per heavy atom. The molecule has 0 aliphatic heterocycles. The molecule has 0 aromatic carbocycles. The zero-order valence-corrected chi connectivity index (χ0v) is 15.7. The molecule has 0 amide bonds. The van der Waals surface area contributed by atoms with Crippen molar-refractivity contribution < 1.29 is 0 Å². The summed E-state index contributed by atoms with van der Waals surface area (Å²) < 4.78 is 0. The van der Waals surface area contributed by atoms with Crippen LogP contribution in [-0.2, 0) is 0 Å². The first-order chi connectivity index (χ1) is 10.6. The summed E-state index contributed by atoms with van der Waals surface area (Å²) in [6.07, 6.45) is 15.2. The molecule has 128 valence electrons. The van der Waals surface area contributed by atoms with E-state index >= 15 is 0 Å². The maximum absolute atomic E-state index is 2.46. The summed E-state index contributed by atoms with van der Waals surface area (Å²) >= 11 is 0. The Balaban J connectivity index is 0.000000131. The van der Waals surface area contributed by atoms with Crippen LogP contribution in [0.4, 0.5) is 0 Å². The Kier molecular flexibility index (Phi) is 5.56. The van der Waals surface area contributed by atoms with Gasteiger partial charge in [-0.05, 0) is 85.9 Å². The molecule has 4 aliphatic carbocycles. The van der Waals surface area contributed by atoms with Crippen molar-refractivity contribution in [2.24, 2.45) is 47.3 Å². The van der Waals surface area contributed by atoms with Gasteiger partial charge in [0.15, 0.2) is 0 Å². The van der Waals surface area contributed by atoms with Gasteiger partial charge in [0.05, 0.1) is 0 Å². The molecule has 0 aromatic rings. The van der Waals surface area contributed by atoms with E-state index in [0.717, 1.165) is 47.3 Å². The molecular weight excluding hydrogens is 264 g/mol. The minimum absolute atomic E-state index is 1.06.